The molecule has 1 aromatic heterocycles. The van der Waals surface area contributed by atoms with E-state index in [-0.39, 0.29) is 5.91 Å². The van der Waals surface area contributed by atoms with Crippen LogP contribution in [0.5, 0.6) is 0 Å². The van der Waals surface area contributed by atoms with Gasteiger partial charge < -0.3 is 9.67 Å². The van der Waals surface area contributed by atoms with Crippen molar-refractivity contribution in [2.45, 2.75) is 19.4 Å². The topological polar surface area (TPSA) is 62.5 Å². The lowest BCUT2D eigenvalue weighted by atomic mass is 10.2. The van der Waals surface area contributed by atoms with Crippen LogP contribution in [0.3, 0.4) is 0 Å². The number of aliphatic carboxylic acids is 1. The number of aryl methyl sites for hydroxylation is 1. The third-order valence-electron chi connectivity index (χ3n) is 3.07. The quantitative estimate of drug-likeness (QED) is 0.681. The summed E-state index contributed by atoms with van der Waals surface area (Å²) < 4.78 is 2.17. The van der Waals surface area contributed by atoms with E-state index in [0.717, 1.165) is 17.5 Å². The normalized spacial score (nSPS) is 18.9. The second-order valence-electron chi connectivity index (χ2n) is 4.36. The number of rotatable bonds is 4. The van der Waals surface area contributed by atoms with Gasteiger partial charge >= 0.3 is 5.97 Å². The predicted molar refractivity (Wildman–Crippen MR) is 82.1 cm³/mol. The first-order chi connectivity index (χ1) is 9.45. The van der Waals surface area contributed by atoms with E-state index in [1.165, 1.54) is 4.90 Å². The summed E-state index contributed by atoms with van der Waals surface area (Å²) in [6.07, 6.45) is 3.92. The van der Waals surface area contributed by atoms with Gasteiger partial charge in [0.05, 0.1) is 4.91 Å². The zero-order valence-corrected chi connectivity index (χ0v) is 12.7. The first-order valence-corrected chi connectivity index (χ1v) is 7.29. The molecular weight excluding hydrogens is 296 g/mol. The second-order valence-corrected chi connectivity index (χ2v) is 6.03. The summed E-state index contributed by atoms with van der Waals surface area (Å²) in [4.78, 5) is 25.2. The number of hydrogen-bond acceptors (Lipinski definition) is 4. The molecule has 1 aliphatic heterocycles. The molecule has 1 aromatic rings. The predicted octanol–water partition coefficient (Wildman–Crippen LogP) is 2.09. The van der Waals surface area contributed by atoms with Crippen LogP contribution in [-0.2, 0) is 16.6 Å². The van der Waals surface area contributed by atoms with Crippen LogP contribution in [0.1, 0.15) is 19.0 Å². The SMILES string of the molecule is CC[C@@H](C(=O)O)N1C(=O)/C(=C/c2cccn2C)SC1=S. The highest BCUT2D eigenvalue weighted by molar-refractivity contribution is 8.26. The van der Waals surface area contributed by atoms with E-state index in [1.54, 1.807) is 13.0 Å². The maximum atomic E-state index is 12.3. The fourth-order valence-corrected chi connectivity index (χ4v) is 3.32. The van der Waals surface area contributed by atoms with Gasteiger partial charge in [0.25, 0.3) is 5.91 Å². The van der Waals surface area contributed by atoms with Gasteiger partial charge in [-0.1, -0.05) is 30.9 Å². The summed E-state index contributed by atoms with van der Waals surface area (Å²) in [6, 6.07) is 2.85. The molecule has 0 radical (unpaired) electrons. The summed E-state index contributed by atoms with van der Waals surface area (Å²) in [6.45, 7) is 1.72. The second kappa shape index (κ2) is 5.80. The first kappa shape index (κ1) is 14.8. The molecule has 1 N–H and O–H groups in total. The van der Waals surface area contributed by atoms with E-state index < -0.39 is 12.0 Å². The molecule has 0 saturated carbocycles. The third kappa shape index (κ3) is 2.64. The lowest BCUT2D eigenvalue weighted by Crippen LogP contribution is -2.43. The van der Waals surface area contributed by atoms with E-state index in [1.807, 2.05) is 29.9 Å². The average Bonchev–Trinajstić information content (AvgIpc) is 2.89. The van der Waals surface area contributed by atoms with Crippen LogP contribution in [0.4, 0.5) is 0 Å². The Balaban J connectivity index is 2.32. The van der Waals surface area contributed by atoms with Crippen molar-refractivity contribution < 1.29 is 14.7 Å². The molecule has 2 heterocycles. The van der Waals surface area contributed by atoms with E-state index in [9.17, 15) is 9.59 Å². The summed E-state index contributed by atoms with van der Waals surface area (Å²) in [5.41, 5.74) is 0.869. The van der Waals surface area contributed by atoms with Gasteiger partial charge in [0.1, 0.15) is 10.4 Å². The van der Waals surface area contributed by atoms with Crippen LogP contribution in [0.2, 0.25) is 0 Å². The molecule has 0 bridgehead atoms. The number of hydrogen-bond donors (Lipinski definition) is 1. The van der Waals surface area contributed by atoms with E-state index >= 15 is 0 Å². The molecule has 0 unspecified atom stereocenters. The molecule has 7 heteroatoms. The number of amides is 1. The fourth-order valence-electron chi connectivity index (χ4n) is 1.97. The summed E-state index contributed by atoms with van der Waals surface area (Å²) in [5.74, 6) is -1.38. The Hall–Kier alpha value is -1.60. The Morgan fingerprint density at radius 1 is 1.60 bits per heavy atom. The molecule has 20 heavy (non-hydrogen) atoms. The van der Waals surface area contributed by atoms with Crippen molar-refractivity contribution in [2.24, 2.45) is 7.05 Å². The van der Waals surface area contributed by atoms with Crippen LogP contribution >= 0.6 is 24.0 Å². The fraction of sp³-hybridized carbons (Fsp3) is 0.308. The molecule has 106 valence electrons. The number of carbonyl (C=O) groups is 2. The maximum absolute atomic E-state index is 12.3. The molecule has 1 aliphatic rings. The van der Waals surface area contributed by atoms with Gasteiger partial charge in [0.15, 0.2) is 0 Å². The molecule has 1 fully saturated rings. The first-order valence-electron chi connectivity index (χ1n) is 6.07. The van der Waals surface area contributed by atoms with Crippen LogP contribution in [0.25, 0.3) is 6.08 Å². The Morgan fingerprint density at radius 2 is 2.30 bits per heavy atom. The molecule has 0 aliphatic carbocycles. The van der Waals surface area contributed by atoms with E-state index in [4.69, 9.17) is 17.3 Å². The van der Waals surface area contributed by atoms with Gasteiger partial charge in [0, 0.05) is 18.9 Å². The van der Waals surface area contributed by atoms with Gasteiger partial charge in [-0.15, -0.1) is 0 Å². The molecule has 2 rings (SSSR count). The minimum Gasteiger partial charge on any atom is -0.480 e. The van der Waals surface area contributed by atoms with Crippen molar-refractivity contribution in [1.82, 2.24) is 9.47 Å². The van der Waals surface area contributed by atoms with E-state index in [0.29, 0.717) is 15.6 Å². The van der Waals surface area contributed by atoms with Crippen molar-refractivity contribution in [1.29, 1.82) is 0 Å². The number of thioether (sulfide) groups is 1. The van der Waals surface area contributed by atoms with Gasteiger partial charge in [-0.25, -0.2) is 4.79 Å². The monoisotopic (exact) mass is 310 g/mol. The van der Waals surface area contributed by atoms with Crippen molar-refractivity contribution >= 4 is 46.3 Å². The number of nitrogens with zero attached hydrogens (tertiary/aromatic N) is 2. The standard InChI is InChI=1S/C13H14N2O3S2/c1-3-9(12(17)18)15-11(16)10(20-13(15)19)7-8-5-4-6-14(8)2/h4-7,9H,3H2,1-2H3,(H,17,18)/b10-7-/t9-/m0/s1. The highest BCUT2D eigenvalue weighted by Crippen LogP contribution is 2.34. The zero-order chi connectivity index (χ0) is 14.9. The van der Waals surface area contributed by atoms with Gasteiger partial charge in [-0.3, -0.25) is 9.69 Å². The van der Waals surface area contributed by atoms with Crippen LogP contribution in [0, 0.1) is 0 Å². The largest absolute Gasteiger partial charge is 0.480 e. The van der Waals surface area contributed by atoms with Gasteiger partial charge in [-0.05, 0) is 24.6 Å². The van der Waals surface area contributed by atoms with Crippen LogP contribution in [-0.4, -0.2) is 36.8 Å². The number of carboxylic acid groups (broad SMARTS) is 1. The van der Waals surface area contributed by atoms with Crippen LogP contribution in [0.15, 0.2) is 23.2 Å². The molecule has 0 aromatic carbocycles. The number of carboxylic acids is 1. The molecule has 5 nitrogen and oxygen atoms in total. The molecular formula is C13H14N2O3S2. The molecule has 1 atom stereocenters. The number of carbonyl (C=O) groups excluding carboxylic acids is 1. The van der Waals surface area contributed by atoms with Crippen molar-refractivity contribution in [3.8, 4) is 0 Å². The van der Waals surface area contributed by atoms with Gasteiger partial charge in [0.2, 0.25) is 0 Å². The van der Waals surface area contributed by atoms with Crippen molar-refractivity contribution in [2.75, 3.05) is 0 Å². The Labute approximate surface area is 126 Å². The Morgan fingerprint density at radius 3 is 2.80 bits per heavy atom. The third-order valence-corrected chi connectivity index (χ3v) is 4.40. The van der Waals surface area contributed by atoms with Crippen LogP contribution < -0.4 is 0 Å². The van der Waals surface area contributed by atoms with E-state index in [2.05, 4.69) is 0 Å². The summed E-state index contributed by atoms with van der Waals surface area (Å²) in [7, 11) is 1.87. The highest BCUT2D eigenvalue weighted by Gasteiger charge is 2.39. The smallest absolute Gasteiger partial charge is 0.326 e. The van der Waals surface area contributed by atoms with Crippen molar-refractivity contribution in [3.05, 3.63) is 28.9 Å². The minimum absolute atomic E-state index is 0.296. The Kier molecular flexibility index (Phi) is 4.29. The minimum atomic E-state index is -1.04. The van der Waals surface area contributed by atoms with Gasteiger partial charge in [-0.2, -0.15) is 0 Å². The van der Waals surface area contributed by atoms with Crippen molar-refractivity contribution in [3.63, 3.8) is 0 Å². The number of thiocarbonyl (C=S) groups is 1. The zero-order valence-electron chi connectivity index (χ0n) is 11.1. The lowest BCUT2D eigenvalue weighted by molar-refractivity contribution is -0.145. The maximum Gasteiger partial charge on any atom is 0.326 e. The lowest BCUT2D eigenvalue weighted by Gasteiger charge is -2.21. The summed E-state index contributed by atoms with van der Waals surface area (Å²) >= 11 is 6.28. The molecule has 1 saturated heterocycles. The summed E-state index contributed by atoms with van der Waals surface area (Å²) in [5, 5.41) is 9.17. The molecule has 0 spiro atoms. The molecule has 1 amide bonds. The number of aromatic nitrogens is 1. The average molecular weight is 310 g/mol. The highest BCUT2D eigenvalue weighted by atomic mass is 32.2. The Bertz CT molecular complexity index is 607.